The molecule has 0 aliphatic rings. The molecule has 2 nitrogen and oxygen atoms in total. The second kappa shape index (κ2) is 7.88. The highest BCUT2D eigenvalue weighted by Crippen LogP contribution is 2.13. The van der Waals surface area contributed by atoms with E-state index in [9.17, 15) is 0 Å². The fourth-order valence-electron chi connectivity index (χ4n) is 1.75. The molecule has 0 aliphatic heterocycles. The van der Waals surface area contributed by atoms with Crippen molar-refractivity contribution in [3.05, 3.63) is 35.9 Å². The van der Waals surface area contributed by atoms with Crippen molar-refractivity contribution in [1.82, 2.24) is 0 Å². The molecule has 0 fully saturated rings. The Labute approximate surface area is 105 Å². The van der Waals surface area contributed by atoms with Gasteiger partial charge in [0.05, 0.1) is 0 Å². The van der Waals surface area contributed by atoms with Crippen LogP contribution in [0.25, 0.3) is 0 Å². The zero-order chi connectivity index (χ0) is 12.5. The average molecular weight is 233 g/mol. The lowest BCUT2D eigenvalue weighted by atomic mass is 9.96. The highest BCUT2D eigenvalue weighted by atomic mass is 16.6. The van der Waals surface area contributed by atoms with Gasteiger partial charge in [-0.3, -0.25) is 0 Å². The minimum absolute atomic E-state index is 0.533. The molecule has 0 bridgehead atoms. The first-order chi connectivity index (χ1) is 8.22. The van der Waals surface area contributed by atoms with Gasteiger partial charge in [0.1, 0.15) is 6.61 Å². The van der Waals surface area contributed by atoms with Gasteiger partial charge in [0.15, 0.2) is 0 Å². The Kier molecular flexibility index (Phi) is 6.38. The summed E-state index contributed by atoms with van der Waals surface area (Å²) in [6, 6.07) is 10.1. The third-order valence-electron chi connectivity index (χ3n) is 2.72. The number of nitrogens with zero attached hydrogens (tertiary/aromatic N) is 1. The summed E-state index contributed by atoms with van der Waals surface area (Å²) in [4.78, 5) is 5.30. The van der Waals surface area contributed by atoms with E-state index in [0.29, 0.717) is 18.4 Å². The van der Waals surface area contributed by atoms with Crippen molar-refractivity contribution >= 4 is 6.21 Å². The minimum Gasteiger partial charge on any atom is -0.391 e. The van der Waals surface area contributed by atoms with E-state index in [1.165, 1.54) is 6.42 Å². The first-order valence-electron chi connectivity index (χ1n) is 6.41. The molecular weight excluding hydrogens is 210 g/mol. The smallest absolute Gasteiger partial charge is 0.142 e. The second-order valence-corrected chi connectivity index (χ2v) is 4.81. The molecule has 0 spiro atoms. The molecule has 94 valence electrons. The van der Waals surface area contributed by atoms with Crippen LogP contribution in [0.4, 0.5) is 0 Å². The van der Waals surface area contributed by atoms with Crippen molar-refractivity contribution in [2.24, 2.45) is 17.0 Å². The van der Waals surface area contributed by atoms with E-state index in [1.807, 2.05) is 36.5 Å². The molecule has 0 N–H and O–H groups in total. The van der Waals surface area contributed by atoms with Crippen LogP contribution in [0.5, 0.6) is 0 Å². The lowest BCUT2D eigenvalue weighted by molar-refractivity contribution is 0.130. The minimum atomic E-state index is 0.533. The maximum Gasteiger partial charge on any atom is 0.142 e. The Morgan fingerprint density at radius 1 is 1.24 bits per heavy atom. The number of oxime groups is 1. The zero-order valence-corrected chi connectivity index (χ0v) is 11.1. The van der Waals surface area contributed by atoms with Gasteiger partial charge in [0, 0.05) is 6.21 Å². The third-order valence-corrected chi connectivity index (χ3v) is 2.72. The predicted octanol–water partition coefficient (Wildman–Crippen LogP) is 4.26. The fraction of sp³-hybridized carbons (Fsp3) is 0.533. The number of hydrogen-bond donors (Lipinski definition) is 0. The Hall–Kier alpha value is -1.31. The molecule has 0 saturated carbocycles. The van der Waals surface area contributed by atoms with Crippen molar-refractivity contribution in [3.8, 4) is 0 Å². The molecule has 1 aromatic carbocycles. The van der Waals surface area contributed by atoms with Crippen molar-refractivity contribution in [2.45, 2.75) is 40.2 Å². The summed E-state index contributed by atoms with van der Waals surface area (Å²) in [6.45, 7) is 7.22. The third kappa shape index (κ3) is 6.10. The second-order valence-electron chi connectivity index (χ2n) is 4.81. The Balaban J connectivity index is 2.29. The zero-order valence-electron chi connectivity index (χ0n) is 11.1. The Morgan fingerprint density at radius 2 is 1.94 bits per heavy atom. The van der Waals surface area contributed by atoms with Crippen LogP contribution in [0.2, 0.25) is 0 Å². The lowest BCUT2D eigenvalue weighted by Crippen LogP contribution is -2.05. The summed E-state index contributed by atoms with van der Waals surface area (Å²) in [5.41, 5.74) is 1.15. The fourth-order valence-corrected chi connectivity index (χ4v) is 1.75. The summed E-state index contributed by atoms with van der Waals surface area (Å²) in [5.74, 6) is 1.24. The number of hydrogen-bond acceptors (Lipinski definition) is 2. The molecule has 2 heteroatoms. The average Bonchev–Trinajstić information content (AvgIpc) is 2.34. The summed E-state index contributed by atoms with van der Waals surface area (Å²) >= 11 is 0. The van der Waals surface area contributed by atoms with Crippen LogP contribution in [0.3, 0.4) is 0 Å². The van der Waals surface area contributed by atoms with E-state index < -0.39 is 0 Å². The highest BCUT2D eigenvalue weighted by Gasteiger charge is 2.05. The molecule has 0 heterocycles. The van der Waals surface area contributed by atoms with Crippen LogP contribution in [-0.2, 0) is 11.4 Å². The first-order valence-corrected chi connectivity index (χ1v) is 6.41. The molecule has 1 aromatic rings. The monoisotopic (exact) mass is 233 g/mol. The van der Waals surface area contributed by atoms with Crippen LogP contribution in [0.15, 0.2) is 35.5 Å². The van der Waals surface area contributed by atoms with Gasteiger partial charge in [0.25, 0.3) is 0 Å². The van der Waals surface area contributed by atoms with Crippen LogP contribution in [0, 0.1) is 11.8 Å². The molecule has 0 radical (unpaired) electrons. The maximum absolute atomic E-state index is 5.30. The van der Waals surface area contributed by atoms with Gasteiger partial charge in [-0.15, -0.1) is 0 Å². The summed E-state index contributed by atoms with van der Waals surface area (Å²) in [7, 11) is 0. The van der Waals surface area contributed by atoms with Crippen LogP contribution in [0.1, 0.15) is 39.2 Å². The quantitative estimate of drug-likeness (QED) is 0.509. The SMILES string of the molecule is CCC(/C=N/OCc1ccccc1)CC(C)C. The van der Waals surface area contributed by atoms with E-state index in [2.05, 4.69) is 25.9 Å². The van der Waals surface area contributed by atoms with E-state index in [4.69, 9.17) is 4.84 Å². The van der Waals surface area contributed by atoms with Crippen molar-refractivity contribution < 1.29 is 4.84 Å². The normalized spacial score (nSPS) is 13.2. The van der Waals surface area contributed by atoms with Gasteiger partial charge >= 0.3 is 0 Å². The lowest BCUT2D eigenvalue weighted by Gasteiger charge is -2.11. The van der Waals surface area contributed by atoms with E-state index in [-0.39, 0.29) is 0 Å². The molecule has 17 heavy (non-hydrogen) atoms. The van der Waals surface area contributed by atoms with Gasteiger partial charge in [-0.05, 0) is 30.2 Å². The largest absolute Gasteiger partial charge is 0.391 e. The van der Waals surface area contributed by atoms with Gasteiger partial charge in [-0.2, -0.15) is 0 Å². The van der Waals surface area contributed by atoms with Gasteiger partial charge in [-0.25, -0.2) is 0 Å². The molecule has 1 rings (SSSR count). The van der Waals surface area contributed by atoms with E-state index in [0.717, 1.165) is 12.0 Å². The summed E-state index contributed by atoms with van der Waals surface area (Å²) in [5, 5.41) is 4.07. The molecule has 0 aliphatic carbocycles. The van der Waals surface area contributed by atoms with Gasteiger partial charge in [-0.1, -0.05) is 56.3 Å². The molecule has 1 unspecified atom stereocenters. The number of rotatable bonds is 7. The predicted molar refractivity (Wildman–Crippen MR) is 73.0 cm³/mol. The Morgan fingerprint density at radius 3 is 2.53 bits per heavy atom. The highest BCUT2D eigenvalue weighted by molar-refractivity contribution is 5.59. The summed E-state index contributed by atoms with van der Waals surface area (Å²) in [6.07, 6.45) is 4.24. The van der Waals surface area contributed by atoms with Crippen LogP contribution >= 0.6 is 0 Å². The van der Waals surface area contributed by atoms with Crippen LogP contribution < -0.4 is 0 Å². The van der Waals surface area contributed by atoms with E-state index in [1.54, 1.807) is 0 Å². The van der Waals surface area contributed by atoms with E-state index >= 15 is 0 Å². The molecule has 0 aromatic heterocycles. The molecule has 0 amide bonds. The maximum atomic E-state index is 5.30. The van der Waals surface area contributed by atoms with Crippen molar-refractivity contribution in [3.63, 3.8) is 0 Å². The Bertz CT molecular complexity index is 319. The van der Waals surface area contributed by atoms with Crippen molar-refractivity contribution in [2.75, 3.05) is 0 Å². The molecule has 0 saturated heterocycles. The van der Waals surface area contributed by atoms with Gasteiger partial charge < -0.3 is 4.84 Å². The van der Waals surface area contributed by atoms with Crippen molar-refractivity contribution in [1.29, 1.82) is 0 Å². The molecule has 1 atom stereocenters. The first kappa shape index (κ1) is 13.8. The molecular formula is C15H23NO. The van der Waals surface area contributed by atoms with Crippen LogP contribution in [-0.4, -0.2) is 6.21 Å². The van der Waals surface area contributed by atoms with Gasteiger partial charge in [0.2, 0.25) is 0 Å². The topological polar surface area (TPSA) is 21.6 Å². The summed E-state index contributed by atoms with van der Waals surface area (Å²) < 4.78 is 0. The standard InChI is InChI=1S/C15H23NO/c1-4-14(10-13(2)3)11-16-17-12-15-8-6-5-7-9-15/h5-9,11,13-14H,4,10,12H2,1-3H3/b16-11+. The number of benzene rings is 1.